The smallest absolute Gasteiger partial charge is 0.407 e. The standard InChI is InChI=1S/C16H29NO6/c1-6-21-13(18)10-8-12(9-11-14(19)22-7-2)17-15(20)23-16(3,4)5/h12H,6-11H2,1-5H3,(H,17,20). The van der Waals surface area contributed by atoms with Crippen molar-refractivity contribution >= 4 is 18.0 Å². The van der Waals surface area contributed by atoms with Crippen molar-refractivity contribution in [1.29, 1.82) is 0 Å². The molecule has 0 radical (unpaired) electrons. The molecule has 7 nitrogen and oxygen atoms in total. The van der Waals surface area contributed by atoms with Crippen LogP contribution in [0.1, 0.15) is 60.3 Å². The first-order valence-corrected chi connectivity index (χ1v) is 7.98. The third kappa shape index (κ3) is 12.4. The summed E-state index contributed by atoms with van der Waals surface area (Å²) in [5.74, 6) is -0.667. The minimum atomic E-state index is -0.614. The highest BCUT2D eigenvalue weighted by Crippen LogP contribution is 2.11. The van der Waals surface area contributed by atoms with Gasteiger partial charge in [-0.25, -0.2) is 4.79 Å². The fourth-order valence-corrected chi connectivity index (χ4v) is 1.81. The van der Waals surface area contributed by atoms with Gasteiger partial charge in [-0.2, -0.15) is 0 Å². The van der Waals surface area contributed by atoms with Crippen molar-refractivity contribution in [3.8, 4) is 0 Å². The molecule has 0 heterocycles. The van der Waals surface area contributed by atoms with Crippen LogP contribution in [0, 0.1) is 0 Å². The minimum absolute atomic E-state index is 0.164. The van der Waals surface area contributed by atoms with Gasteiger partial charge in [0.1, 0.15) is 5.60 Å². The Morgan fingerprint density at radius 3 is 1.70 bits per heavy atom. The van der Waals surface area contributed by atoms with Crippen LogP contribution in [-0.4, -0.2) is 42.9 Å². The summed E-state index contributed by atoms with van der Waals surface area (Å²) in [4.78, 5) is 34.7. The summed E-state index contributed by atoms with van der Waals surface area (Å²) in [5.41, 5.74) is -0.614. The summed E-state index contributed by atoms with van der Waals surface area (Å²) in [6.45, 7) is 9.37. The topological polar surface area (TPSA) is 90.9 Å². The lowest BCUT2D eigenvalue weighted by Crippen LogP contribution is -2.39. The lowest BCUT2D eigenvalue weighted by atomic mass is 10.1. The maximum atomic E-state index is 11.8. The second kappa shape index (κ2) is 10.9. The van der Waals surface area contributed by atoms with Crippen molar-refractivity contribution in [2.75, 3.05) is 13.2 Å². The molecule has 0 atom stereocenters. The molecular formula is C16H29NO6. The summed E-state index contributed by atoms with van der Waals surface area (Å²) >= 11 is 0. The van der Waals surface area contributed by atoms with Crippen LogP contribution in [0.15, 0.2) is 0 Å². The normalized spacial score (nSPS) is 11.0. The fourth-order valence-electron chi connectivity index (χ4n) is 1.81. The molecule has 0 fully saturated rings. The van der Waals surface area contributed by atoms with Gasteiger partial charge in [0.15, 0.2) is 0 Å². The predicted octanol–water partition coefficient (Wildman–Crippen LogP) is 2.57. The van der Waals surface area contributed by atoms with Gasteiger partial charge in [-0.1, -0.05) is 0 Å². The average molecular weight is 331 g/mol. The molecule has 134 valence electrons. The van der Waals surface area contributed by atoms with E-state index in [1.807, 2.05) is 0 Å². The summed E-state index contributed by atoms with van der Waals surface area (Å²) < 4.78 is 14.9. The molecule has 0 aromatic rings. The maximum absolute atomic E-state index is 11.8. The van der Waals surface area contributed by atoms with E-state index in [1.165, 1.54) is 0 Å². The number of carbonyl (C=O) groups excluding carboxylic acids is 3. The Morgan fingerprint density at radius 2 is 1.35 bits per heavy atom. The highest BCUT2D eigenvalue weighted by molar-refractivity contribution is 5.71. The highest BCUT2D eigenvalue weighted by atomic mass is 16.6. The lowest BCUT2D eigenvalue weighted by Gasteiger charge is -2.23. The number of carbonyl (C=O) groups is 3. The first-order chi connectivity index (χ1) is 10.7. The molecule has 0 aliphatic rings. The van der Waals surface area contributed by atoms with Crippen LogP contribution in [0.4, 0.5) is 4.79 Å². The molecule has 23 heavy (non-hydrogen) atoms. The lowest BCUT2D eigenvalue weighted by molar-refractivity contribution is -0.143. The van der Waals surface area contributed by atoms with Gasteiger partial charge < -0.3 is 19.5 Å². The van der Waals surface area contributed by atoms with Gasteiger partial charge in [-0.05, 0) is 47.5 Å². The van der Waals surface area contributed by atoms with E-state index >= 15 is 0 Å². The molecule has 0 bridgehead atoms. The van der Waals surface area contributed by atoms with E-state index < -0.39 is 11.7 Å². The van der Waals surface area contributed by atoms with E-state index in [4.69, 9.17) is 14.2 Å². The Hall–Kier alpha value is -1.79. The van der Waals surface area contributed by atoms with Gasteiger partial charge in [-0.3, -0.25) is 9.59 Å². The number of amides is 1. The SMILES string of the molecule is CCOC(=O)CCC(CCC(=O)OCC)NC(=O)OC(C)(C)C. The third-order valence-electron chi connectivity index (χ3n) is 2.73. The molecule has 0 aromatic carbocycles. The van der Waals surface area contributed by atoms with Crippen LogP contribution in [-0.2, 0) is 23.8 Å². The summed E-state index contributed by atoms with van der Waals surface area (Å²) in [5, 5.41) is 2.69. The maximum Gasteiger partial charge on any atom is 0.407 e. The van der Waals surface area contributed by atoms with Crippen molar-refractivity contribution < 1.29 is 28.6 Å². The Morgan fingerprint density at radius 1 is 0.913 bits per heavy atom. The van der Waals surface area contributed by atoms with E-state index in [1.54, 1.807) is 34.6 Å². The predicted molar refractivity (Wildman–Crippen MR) is 84.9 cm³/mol. The Labute approximate surface area is 138 Å². The average Bonchev–Trinajstić information content (AvgIpc) is 2.40. The van der Waals surface area contributed by atoms with Crippen molar-refractivity contribution in [1.82, 2.24) is 5.32 Å². The molecule has 0 saturated carbocycles. The molecular weight excluding hydrogens is 302 g/mol. The minimum Gasteiger partial charge on any atom is -0.466 e. The monoisotopic (exact) mass is 331 g/mol. The molecule has 0 aliphatic heterocycles. The second-order valence-corrected chi connectivity index (χ2v) is 6.03. The largest absolute Gasteiger partial charge is 0.466 e. The third-order valence-corrected chi connectivity index (χ3v) is 2.73. The number of rotatable bonds is 9. The van der Waals surface area contributed by atoms with Crippen LogP contribution in [0.5, 0.6) is 0 Å². The van der Waals surface area contributed by atoms with Gasteiger partial charge in [0.2, 0.25) is 0 Å². The number of esters is 2. The first kappa shape index (κ1) is 21.2. The number of alkyl carbamates (subject to hydrolysis) is 1. The van der Waals surface area contributed by atoms with Crippen LogP contribution < -0.4 is 5.32 Å². The Kier molecular flexibility index (Phi) is 10.0. The fraction of sp³-hybridized carbons (Fsp3) is 0.812. The molecule has 7 heteroatoms. The number of hydrogen-bond acceptors (Lipinski definition) is 6. The molecule has 0 rings (SSSR count). The first-order valence-electron chi connectivity index (χ1n) is 7.98. The number of hydrogen-bond donors (Lipinski definition) is 1. The second-order valence-electron chi connectivity index (χ2n) is 6.03. The van der Waals surface area contributed by atoms with Gasteiger partial charge in [0, 0.05) is 18.9 Å². The molecule has 0 aromatic heterocycles. The van der Waals surface area contributed by atoms with Crippen LogP contribution in [0.25, 0.3) is 0 Å². The summed E-state index contributed by atoms with van der Waals surface area (Å²) in [7, 11) is 0. The molecule has 0 saturated heterocycles. The van der Waals surface area contributed by atoms with E-state index in [0.29, 0.717) is 26.1 Å². The zero-order valence-electron chi connectivity index (χ0n) is 14.8. The highest BCUT2D eigenvalue weighted by Gasteiger charge is 2.21. The van der Waals surface area contributed by atoms with Crippen molar-refractivity contribution in [3.05, 3.63) is 0 Å². The van der Waals surface area contributed by atoms with Crippen LogP contribution in [0.3, 0.4) is 0 Å². The van der Waals surface area contributed by atoms with Crippen LogP contribution in [0.2, 0.25) is 0 Å². The van der Waals surface area contributed by atoms with Crippen molar-refractivity contribution in [2.45, 2.75) is 71.9 Å². The zero-order valence-corrected chi connectivity index (χ0v) is 14.8. The molecule has 0 unspecified atom stereocenters. The molecule has 0 aliphatic carbocycles. The summed E-state index contributed by atoms with van der Waals surface area (Å²) in [6.07, 6.45) is 0.499. The Balaban J connectivity index is 4.50. The summed E-state index contributed by atoms with van der Waals surface area (Å²) in [6, 6.07) is -0.362. The Bertz CT molecular complexity index is 367. The van der Waals surface area contributed by atoms with E-state index in [2.05, 4.69) is 5.32 Å². The van der Waals surface area contributed by atoms with E-state index in [-0.39, 0.29) is 30.8 Å². The van der Waals surface area contributed by atoms with Gasteiger partial charge in [0.25, 0.3) is 0 Å². The van der Waals surface area contributed by atoms with E-state index in [9.17, 15) is 14.4 Å². The number of nitrogens with one attached hydrogen (secondary N) is 1. The van der Waals surface area contributed by atoms with E-state index in [0.717, 1.165) is 0 Å². The quantitative estimate of drug-likeness (QED) is 0.516. The van der Waals surface area contributed by atoms with Gasteiger partial charge in [-0.15, -0.1) is 0 Å². The molecule has 1 amide bonds. The van der Waals surface area contributed by atoms with Crippen molar-refractivity contribution in [2.24, 2.45) is 0 Å². The van der Waals surface area contributed by atoms with Gasteiger partial charge in [0.05, 0.1) is 13.2 Å². The van der Waals surface area contributed by atoms with Gasteiger partial charge >= 0.3 is 18.0 Å². The number of ether oxygens (including phenoxy) is 3. The zero-order chi connectivity index (χ0) is 17.9. The van der Waals surface area contributed by atoms with Crippen LogP contribution >= 0.6 is 0 Å². The van der Waals surface area contributed by atoms with Crippen molar-refractivity contribution in [3.63, 3.8) is 0 Å². The molecule has 1 N–H and O–H groups in total. The molecule has 0 spiro atoms.